The molecule has 0 radical (unpaired) electrons. The van der Waals surface area contributed by atoms with Gasteiger partial charge in [0.2, 0.25) is 5.89 Å². The van der Waals surface area contributed by atoms with Gasteiger partial charge in [-0.3, -0.25) is 9.80 Å². The summed E-state index contributed by atoms with van der Waals surface area (Å²) in [5, 5.41) is 4.00. The Balaban J connectivity index is 1.46. The van der Waals surface area contributed by atoms with Gasteiger partial charge < -0.3 is 9.26 Å². The van der Waals surface area contributed by atoms with Crippen molar-refractivity contribution in [1.82, 2.24) is 19.9 Å². The summed E-state index contributed by atoms with van der Waals surface area (Å²) in [7, 11) is 0. The molecule has 0 bridgehead atoms. The molecule has 0 N–H and O–H groups in total. The monoisotopic (exact) mass is 348 g/mol. The Hall–Kier alpha value is -1.83. The lowest BCUT2D eigenvalue weighted by atomic mass is 10.2. The number of rotatable bonds is 7. The summed E-state index contributed by atoms with van der Waals surface area (Å²) in [6, 6.07) is 6.81. The molecule has 0 spiro atoms. The first-order valence-corrected chi connectivity index (χ1v) is 8.77. The van der Waals surface area contributed by atoms with Gasteiger partial charge in [-0.25, -0.2) is 4.39 Å². The Morgan fingerprint density at radius 3 is 2.60 bits per heavy atom. The molecule has 0 saturated carbocycles. The first kappa shape index (κ1) is 18.0. The van der Waals surface area contributed by atoms with Crippen LogP contribution in [0, 0.1) is 5.82 Å². The van der Waals surface area contributed by atoms with Gasteiger partial charge in [-0.05, 0) is 31.5 Å². The number of ether oxygens (including phenoxy) is 1. The number of nitrogens with zero attached hydrogens (tertiary/aromatic N) is 4. The maximum Gasteiger partial charge on any atom is 0.240 e. The normalized spacial score (nSPS) is 17.7. The van der Waals surface area contributed by atoms with Crippen molar-refractivity contribution in [2.75, 3.05) is 32.8 Å². The molecule has 1 fully saturated rings. The SMILES string of the molecule is CCO[C@H](C)c1noc(CN2CCN(Cc3cccc(F)c3)CC2)n1. The van der Waals surface area contributed by atoms with Gasteiger partial charge in [0.15, 0.2) is 5.82 Å². The minimum absolute atomic E-state index is 0.148. The van der Waals surface area contributed by atoms with Crippen molar-refractivity contribution in [3.63, 3.8) is 0 Å². The largest absolute Gasteiger partial charge is 0.371 e. The number of benzene rings is 1. The van der Waals surface area contributed by atoms with Gasteiger partial charge in [0.05, 0.1) is 6.54 Å². The van der Waals surface area contributed by atoms with Crippen molar-refractivity contribution in [3.8, 4) is 0 Å². The van der Waals surface area contributed by atoms with Crippen LogP contribution in [-0.4, -0.2) is 52.7 Å². The minimum atomic E-state index is -0.176. The Bertz CT molecular complexity index is 671. The van der Waals surface area contributed by atoms with Crippen LogP contribution in [0.5, 0.6) is 0 Å². The molecule has 0 unspecified atom stereocenters. The minimum Gasteiger partial charge on any atom is -0.371 e. The molecule has 1 aromatic heterocycles. The van der Waals surface area contributed by atoms with Crippen molar-refractivity contribution in [3.05, 3.63) is 47.4 Å². The first-order valence-electron chi connectivity index (χ1n) is 8.77. The first-order chi connectivity index (χ1) is 12.1. The number of aromatic nitrogens is 2. The Morgan fingerprint density at radius 1 is 1.20 bits per heavy atom. The molecular formula is C18H25FN4O2. The van der Waals surface area contributed by atoms with Crippen molar-refractivity contribution in [2.24, 2.45) is 0 Å². The fraction of sp³-hybridized carbons (Fsp3) is 0.556. The summed E-state index contributed by atoms with van der Waals surface area (Å²) >= 11 is 0. The van der Waals surface area contributed by atoms with Crippen molar-refractivity contribution in [2.45, 2.75) is 33.0 Å². The molecule has 6 nitrogen and oxygen atoms in total. The molecule has 0 amide bonds. The fourth-order valence-corrected chi connectivity index (χ4v) is 3.01. The van der Waals surface area contributed by atoms with Crippen LogP contribution >= 0.6 is 0 Å². The molecule has 1 saturated heterocycles. The molecule has 1 aliphatic rings. The molecule has 3 rings (SSSR count). The van der Waals surface area contributed by atoms with E-state index in [2.05, 4.69) is 19.9 Å². The third kappa shape index (κ3) is 5.07. The van der Waals surface area contributed by atoms with E-state index in [1.165, 1.54) is 6.07 Å². The molecule has 136 valence electrons. The molecule has 7 heteroatoms. The quantitative estimate of drug-likeness (QED) is 0.767. The standard InChI is InChI=1S/C18H25FN4O2/c1-3-24-14(2)18-20-17(25-21-18)13-23-9-7-22(8-10-23)12-15-5-4-6-16(19)11-15/h4-6,11,14H,3,7-10,12-13H2,1-2H3/t14-/m1/s1. The van der Waals surface area contributed by atoms with Gasteiger partial charge in [0, 0.05) is 39.3 Å². The summed E-state index contributed by atoms with van der Waals surface area (Å²) in [4.78, 5) is 9.05. The summed E-state index contributed by atoms with van der Waals surface area (Å²) in [5.41, 5.74) is 1.01. The third-order valence-electron chi connectivity index (χ3n) is 4.38. The second-order valence-electron chi connectivity index (χ2n) is 6.33. The predicted octanol–water partition coefficient (Wildman–Crippen LogP) is 2.62. The molecule has 25 heavy (non-hydrogen) atoms. The van der Waals surface area contributed by atoms with Crippen LogP contribution in [0.2, 0.25) is 0 Å². The van der Waals surface area contributed by atoms with E-state index in [0.29, 0.717) is 24.9 Å². The van der Waals surface area contributed by atoms with Crippen LogP contribution in [-0.2, 0) is 17.8 Å². The van der Waals surface area contributed by atoms with Crippen LogP contribution in [0.15, 0.2) is 28.8 Å². The van der Waals surface area contributed by atoms with Crippen LogP contribution in [0.4, 0.5) is 4.39 Å². The van der Waals surface area contributed by atoms with Gasteiger partial charge in [-0.1, -0.05) is 17.3 Å². The van der Waals surface area contributed by atoms with Gasteiger partial charge in [-0.2, -0.15) is 4.98 Å². The van der Waals surface area contributed by atoms with E-state index < -0.39 is 0 Å². The lowest BCUT2D eigenvalue weighted by Crippen LogP contribution is -2.45. The third-order valence-corrected chi connectivity index (χ3v) is 4.38. The van der Waals surface area contributed by atoms with Crippen LogP contribution in [0.1, 0.15) is 37.2 Å². The van der Waals surface area contributed by atoms with E-state index in [0.717, 1.165) is 38.3 Å². The molecule has 2 aromatic rings. The maximum absolute atomic E-state index is 13.3. The number of hydrogen-bond acceptors (Lipinski definition) is 6. The number of hydrogen-bond donors (Lipinski definition) is 0. The summed E-state index contributed by atoms with van der Waals surface area (Å²) < 4.78 is 24.1. The van der Waals surface area contributed by atoms with Gasteiger partial charge >= 0.3 is 0 Å². The van der Waals surface area contributed by atoms with Gasteiger partial charge in [0.25, 0.3) is 0 Å². The van der Waals surface area contributed by atoms with Crippen LogP contribution < -0.4 is 0 Å². The number of halogens is 1. The predicted molar refractivity (Wildman–Crippen MR) is 91.3 cm³/mol. The zero-order chi connectivity index (χ0) is 17.6. The van der Waals surface area contributed by atoms with E-state index in [-0.39, 0.29) is 11.9 Å². The molecule has 1 aromatic carbocycles. The van der Waals surface area contributed by atoms with Gasteiger partial charge in [-0.15, -0.1) is 0 Å². The Kier molecular flexibility index (Phi) is 6.12. The average molecular weight is 348 g/mol. The highest BCUT2D eigenvalue weighted by Crippen LogP contribution is 2.15. The van der Waals surface area contributed by atoms with E-state index in [1.54, 1.807) is 12.1 Å². The molecule has 0 aliphatic carbocycles. The highest BCUT2D eigenvalue weighted by atomic mass is 19.1. The lowest BCUT2D eigenvalue weighted by Gasteiger charge is -2.33. The molecule has 2 heterocycles. The molecule has 1 atom stereocenters. The Morgan fingerprint density at radius 2 is 1.92 bits per heavy atom. The van der Waals surface area contributed by atoms with Crippen molar-refractivity contribution >= 4 is 0 Å². The van der Waals surface area contributed by atoms with Crippen LogP contribution in [0.25, 0.3) is 0 Å². The van der Waals surface area contributed by atoms with E-state index in [4.69, 9.17) is 9.26 Å². The van der Waals surface area contributed by atoms with Crippen molar-refractivity contribution < 1.29 is 13.7 Å². The lowest BCUT2D eigenvalue weighted by molar-refractivity contribution is 0.0683. The van der Waals surface area contributed by atoms with Crippen molar-refractivity contribution in [1.29, 1.82) is 0 Å². The topological polar surface area (TPSA) is 54.6 Å². The van der Waals surface area contributed by atoms with Crippen LogP contribution in [0.3, 0.4) is 0 Å². The number of piperazine rings is 1. The summed E-state index contributed by atoms with van der Waals surface area (Å²) in [6.07, 6.45) is -0.148. The summed E-state index contributed by atoms with van der Waals surface area (Å²) in [5.74, 6) is 1.05. The zero-order valence-electron chi connectivity index (χ0n) is 14.8. The fourth-order valence-electron chi connectivity index (χ4n) is 3.01. The summed E-state index contributed by atoms with van der Waals surface area (Å²) in [6.45, 7) is 9.64. The van der Waals surface area contributed by atoms with Gasteiger partial charge in [0.1, 0.15) is 11.9 Å². The van der Waals surface area contributed by atoms with E-state index in [9.17, 15) is 4.39 Å². The second kappa shape index (κ2) is 8.51. The second-order valence-corrected chi connectivity index (χ2v) is 6.33. The highest BCUT2D eigenvalue weighted by Gasteiger charge is 2.20. The zero-order valence-corrected chi connectivity index (χ0v) is 14.8. The molecular weight excluding hydrogens is 323 g/mol. The van der Waals surface area contributed by atoms with E-state index >= 15 is 0 Å². The Labute approximate surface area is 147 Å². The highest BCUT2D eigenvalue weighted by molar-refractivity contribution is 5.16. The molecule has 1 aliphatic heterocycles. The maximum atomic E-state index is 13.3. The van der Waals surface area contributed by atoms with E-state index in [1.807, 2.05) is 19.9 Å². The average Bonchev–Trinajstić information content (AvgIpc) is 3.06. The smallest absolute Gasteiger partial charge is 0.240 e.